The molecule has 27 heavy (non-hydrogen) atoms. The summed E-state index contributed by atoms with van der Waals surface area (Å²) in [5, 5.41) is 10.2. The highest BCUT2D eigenvalue weighted by Crippen LogP contribution is 2.25. The Labute approximate surface area is 161 Å². The molecule has 0 unspecified atom stereocenters. The Balaban J connectivity index is 1.79. The molecule has 0 spiro atoms. The van der Waals surface area contributed by atoms with Crippen molar-refractivity contribution < 1.29 is 0 Å². The first-order chi connectivity index (χ1) is 13.2. The fourth-order valence-corrected chi connectivity index (χ4v) is 4.05. The fourth-order valence-electron chi connectivity index (χ4n) is 3.15. The SMILES string of the molecule is C=Cc1ccc(CSc2nnc3n(CCC)c(=O)c4ccccc4n23)cc1. The molecule has 0 aliphatic heterocycles. The topological polar surface area (TPSA) is 52.2 Å². The number of fused-ring (bicyclic) bond motifs is 3. The number of nitrogens with zero attached hydrogens (tertiary/aromatic N) is 4. The van der Waals surface area contributed by atoms with E-state index >= 15 is 0 Å². The van der Waals surface area contributed by atoms with Crippen LogP contribution in [0.4, 0.5) is 0 Å². The quantitative estimate of drug-likeness (QED) is 0.468. The molecule has 2 heterocycles. The Hall–Kier alpha value is -2.86. The van der Waals surface area contributed by atoms with Crippen molar-refractivity contribution in [2.75, 3.05) is 0 Å². The molecule has 0 fully saturated rings. The minimum absolute atomic E-state index is 0.0103. The maximum atomic E-state index is 12.8. The maximum Gasteiger partial charge on any atom is 0.262 e. The van der Waals surface area contributed by atoms with Crippen molar-refractivity contribution in [1.82, 2.24) is 19.2 Å². The second-order valence-electron chi connectivity index (χ2n) is 6.33. The molecular formula is C21H20N4OS. The van der Waals surface area contributed by atoms with E-state index in [4.69, 9.17) is 0 Å². The number of hydrogen-bond donors (Lipinski definition) is 0. The first-order valence-corrected chi connectivity index (χ1v) is 9.92. The van der Waals surface area contributed by atoms with E-state index in [0.717, 1.165) is 28.4 Å². The molecule has 6 heteroatoms. The Morgan fingerprint density at radius 3 is 2.63 bits per heavy atom. The summed E-state index contributed by atoms with van der Waals surface area (Å²) in [6, 6.07) is 15.9. The van der Waals surface area contributed by atoms with Gasteiger partial charge in [-0.3, -0.25) is 13.8 Å². The van der Waals surface area contributed by atoms with Gasteiger partial charge in [0.2, 0.25) is 5.78 Å². The normalized spacial score (nSPS) is 11.3. The van der Waals surface area contributed by atoms with Crippen LogP contribution in [0.5, 0.6) is 0 Å². The van der Waals surface area contributed by atoms with E-state index in [1.807, 2.05) is 34.7 Å². The van der Waals surface area contributed by atoms with Crippen LogP contribution in [-0.4, -0.2) is 19.2 Å². The van der Waals surface area contributed by atoms with E-state index in [0.29, 0.717) is 17.7 Å². The molecule has 0 atom stereocenters. The molecule has 0 aliphatic rings. The molecule has 0 bridgehead atoms. The summed E-state index contributed by atoms with van der Waals surface area (Å²) in [6.45, 7) is 6.46. The van der Waals surface area contributed by atoms with Crippen LogP contribution < -0.4 is 5.56 Å². The van der Waals surface area contributed by atoms with Gasteiger partial charge in [-0.15, -0.1) is 10.2 Å². The molecule has 0 N–H and O–H groups in total. The lowest BCUT2D eigenvalue weighted by atomic mass is 10.1. The van der Waals surface area contributed by atoms with Gasteiger partial charge in [-0.1, -0.05) is 67.7 Å². The zero-order valence-corrected chi connectivity index (χ0v) is 15.9. The standard InChI is InChI=1S/C21H20N4OS/c1-3-13-24-19(26)17-7-5-6-8-18(17)25-20(24)22-23-21(25)27-14-16-11-9-15(4-2)10-12-16/h4-12H,2-3,13-14H2,1H3. The largest absolute Gasteiger partial charge is 0.276 e. The molecule has 0 saturated carbocycles. The number of thioether (sulfide) groups is 1. The zero-order chi connectivity index (χ0) is 18.8. The molecule has 4 rings (SSSR count). The molecular weight excluding hydrogens is 356 g/mol. The third-order valence-electron chi connectivity index (χ3n) is 4.51. The van der Waals surface area contributed by atoms with Crippen molar-refractivity contribution in [2.45, 2.75) is 30.8 Å². The Morgan fingerprint density at radius 2 is 1.89 bits per heavy atom. The van der Waals surface area contributed by atoms with Crippen LogP contribution in [0.1, 0.15) is 24.5 Å². The fraction of sp³-hybridized carbons (Fsp3) is 0.190. The third kappa shape index (κ3) is 3.17. The summed E-state index contributed by atoms with van der Waals surface area (Å²) in [5.41, 5.74) is 3.14. The predicted octanol–water partition coefficient (Wildman–Crippen LogP) is 4.39. The van der Waals surface area contributed by atoms with Gasteiger partial charge in [0, 0.05) is 12.3 Å². The second kappa shape index (κ2) is 7.40. The van der Waals surface area contributed by atoms with Crippen LogP contribution in [0.25, 0.3) is 22.8 Å². The Bertz CT molecular complexity index is 1170. The van der Waals surface area contributed by atoms with Crippen molar-refractivity contribution in [1.29, 1.82) is 0 Å². The molecule has 2 aromatic heterocycles. The van der Waals surface area contributed by atoms with Crippen LogP contribution in [0.3, 0.4) is 0 Å². The maximum absolute atomic E-state index is 12.8. The lowest BCUT2D eigenvalue weighted by Gasteiger charge is -2.10. The van der Waals surface area contributed by atoms with E-state index in [2.05, 4.69) is 48.0 Å². The minimum atomic E-state index is -0.0103. The molecule has 2 aromatic carbocycles. The van der Waals surface area contributed by atoms with Gasteiger partial charge in [0.15, 0.2) is 5.16 Å². The van der Waals surface area contributed by atoms with Gasteiger partial charge < -0.3 is 0 Å². The first-order valence-electron chi connectivity index (χ1n) is 8.93. The first kappa shape index (κ1) is 17.5. The predicted molar refractivity (Wildman–Crippen MR) is 111 cm³/mol. The van der Waals surface area contributed by atoms with Crippen molar-refractivity contribution >= 4 is 34.5 Å². The van der Waals surface area contributed by atoms with E-state index in [1.54, 1.807) is 16.3 Å². The number of aryl methyl sites for hydroxylation is 1. The summed E-state index contributed by atoms with van der Waals surface area (Å²) in [5.74, 6) is 1.38. The van der Waals surface area contributed by atoms with Gasteiger partial charge in [-0.25, -0.2) is 0 Å². The summed E-state index contributed by atoms with van der Waals surface area (Å²) in [7, 11) is 0. The molecule has 0 aliphatic carbocycles. The van der Waals surface area contributed by atoms with Crippen LogP contribution in [0.15, 0.2) is 65.1 Å². The van der Waals surface area contributed by atoms with Gasteiger partial charge in [0.05, 0.1) is 10.9 Å². The Kier molecular flexibility index (Phi) is 4.81. The van der Waals surface area contributed by atoms with Crippen LogP contribution >= 0.6 is 11.8 Å². The monoisotopic (exact) mass is 376 g/mol. The summed E-state index contributed by atoms with van der Waals surface area (Å²) >= 11 is 1.62. The van der Waals surface area contributed by atoms with E-state index in [1.165, 1.54) is 5.56 Å². The van der Waals surface area contributed by atoms with Crippen molar-refractivity contribution in [2.24, 2.45) is 0 Å². The molecule has 0 saturated heterocycles. The van der Waals surface area contributed by atoms with Gasteiger partial charge in [0.25, 0.3) is 5.56 Å². The van der Waals surface area contributed by atoms with Gasteiger partial charge in [0.1, 0.15) is 0 Å². The smallest absolute Gasteiger partial charge is 0.262 e. The van der Waals surface area contributed by atoms with Gasteiger partial charge in [-0.05, 0) is 29.7 Å². The number of aromatic nitrogens is 4. The minimum Gasteiger partial charge on any atom is -0.276 e. The number of para-hydroxylation sites is 1. The summed E-state index contributed by atoms with van der Waals surface area (Å²) in [4.78, 5) is 12.8. The molecule has 5 nitrogen and oxygen atoms in total. The zero-order valence-electron chi connectivity index (χ0n) is 15.1. The molecule has 0 amide bonds. The lowest BCUT2D eigenvalue weighted by Crippen LogP contribution is -2.23. The van der Waals surface area contributed by atoms with E-state index < -0.39 is 0 Å². The van der Waals surface area contributed by atoms with Crippen LogP contribution in [0.2, 0.25) is 0 Å². The number of benzene rings is 2. The van der Waals surface area contributed by atoms with Crippen molar-refractivity contribution in [3.63, 3.8) is 0 Å². The van der Waals surface area contributed by atoms with Crippen LogP contribution in [-0.2, 0) is 12.3 Å². The molecule has 136 valence electrons. The van der Waals surface area contributed by atoms with E-state index in [9.17, 15) is 4.79 Å². The lowest BCUT2D eigenvalue weighted by molar-refractivity contribution is 0.662. The molecule has 4 aromatic rings. The van der Waals surface area contributed by atoms with Gasteiger partial charge >= 0.3 is 0 Å². The highest BCUT2D eigenvalue weighted by atomic mass is 32.2. The van der Waals surface area contributed by atoms with Crippen molar-refractivity contribution in [3.05, 3.63) is 76.6 Å². The van der Waals surface area contributed by atoms with Crippen molar-refractivity contribution in [3.8, 4) is 0 Å². The van der Waals surface area contributed by atoms with Crippen LogP contribution in [0, 0.1) is 0 Å². The average Bonchev–Trinajstić information content (AvgIpc) is 3.14. The third-order valence-corrected chi connectivity index (χ3v) is 5.51. The second-order valence-corrected chi connectivity index (χ2v) is 7.27. The van der Waals surface area contributed by atoms with Gasteiger partial charge in [-0.2, -0.15) is 0 Å². The highest BCUT2D eigenvalue weighted by Gasteiger charge is 2.16. The molecule has 0 radical (unpaired) electrons. The summed E-state index contributed by atoms with van der Waals surface area (Å²) in [6.07, 6.45) is 2.70. The van der Waals surface area contributed by atoms with E-state index in [-0.39, 0.29) is 5.56 Å². The highest BCUT2D eigenvalue weighted by molar-refractivity contribution is 7.98. The number of rotatable bonds is 6. The average molecular weight is 376 g/mol. The summed E-state index contributed by atoms with van der Waals surface area (Å²) < 4.78 is 3.72. The Morgan fingerprint density at radius 1 is 1.11 bits per heavy atom. The number of hydrogen-bond acceptors (Lipinski definition) is 4.